The van der Waals surface area contributed by atoms with Crippen LogP contribution in [0.5, 0.6) is 0 Å². The van der Waals surface area contributed by atoms with Gasteiger partial charge < -0.3 is 9.80 Å². The molecule has 1 fully saturated rings. The third kappa shape index (κ3) is 2.63. The number of hydrogen-bond acceptors (Lipinski definition) is 6. The molecule has 3 aromatic rings. The van der Waals surface area contributed by atoms with Gasteiger partial charge in [-0.3, -0.25) is 0 Å². The van der Waals surface area contributed by atoms with Crippen LogP contribution in [-0.2, 0) is 0 Å². The number of nitrogens with zero attached hydrogens (tertiary/aromatic N) is 5. The third-order valence-electron chi connectivity index (χ3n) is 4.44. The smallest absolute Gasteiger partial charge is 0.186 e. The monoisotopic (exact) mass is 325 g/mol. The van der Waals surface area contributed by atoms with E-state index in [1.165, 1.54) is 10.3 Å². The molecular formula is C17H19N5S. The first-order chi connectivity index (χ1) is 11.2. The summed E-state index contributed by atoms with van der Waals surface area (Å²) < 4.78 is 1.26. The molecule has 1 aromatic carbocycles. The molecule has 0 atom stereocenters. The van der Waals surface area contributed by atoms with E-state index >= 15 is 0 Å². The highest BCUT2D eigenvalue weighted by Gasteiger charge is 2.22. The van der Waals surface area contributed by atoms with E-state index in [-0.39, 0.29) is 0 Å². The third-order valence-corrected chi connectivity index (χ3v) is 5.54. The van der Waals surface area contributed by atoms with E-state index in [0.29, 0.717) is 0 Å². The van der Waals surface area contributed by atoms with Gasteiger partial charge >= 0.3 is 0 Å². The van der Waals surface area contributed by atoms with Crippen LogP contribution in [0.25, 0.3) is 10.2 Å². The first kappa shape index (κ1) is 14.4. The van der Waals surface area contributed by atoms with Gasteiger partial charge in [-0.25, -0.2) is 15.0 Å². The summed E-state index contributed by atoms with van der Waals surface area (Å²) in [6.07, 6.45) is 1.66. The maximum absolute atomic E-state index is 4.77. The summed E-state index contributed by atoms with van der Waals surface area (Å²) in [6.45, 7) is 8.02. The zero-order valence-electron chi connectivity index (χ0n) is 13.4. The van der Waals surface area contributed by atoms with Crippen LogP contribution < -0.4 is 9.80 Å². The van der Waals surface area contributed by atoms with Gasteiger partial charge in [-0.15, -0.1) is 0 Å². The summed E-state index contributed by atoms with van der Waals surface area (Å²) in [6, 6.07) is 8.34. The van der Waals surface area contributed by atoms with Crippen molar-refractivity contribution in [3.63, 3.8) is 0 Å². The molecule has 1 aliphatic heterocycles. The van der Waals surface area contributed by atoms with Crippen molar-refractivity contribution < 1.29 is 0 Å². The summed E-state index contributed by atoms with van der Waals surface area (Å²) in [4.78, 5) is 18.2. The molecule has 0 radical (unpaired) electrons. The average Bonchev–Trinajstić information content (AvgIpc) is 3.02. The molecule has 0 unspecified atom stereocenters. The summed E-state index contributed by atoms with van der Waals surface area (Å²) in [5.74, 6) is 1.07. The molecule has 0 aliphatic carbocycles. The van der Waals surface area contributed by atoms with Crippen molar-refractivity contribution in [2.24, 2.45) is 0 Å². The van der Waals surface area contributed by atoms with Crippen LogP contribution in [0.2, 0.25) is 0 Å². The van der Waals surface area contributed by atoms with Crippen molar-refractivity contribution >= 4 is 32.5 Å². The summed E-state index contributed by atoms with van der Waals surface area (Å²) in [5.41, 5.74) is 3.33. The fourth-order valence-corrected chi connectivity index (χ4v) is 3.97. The van der Waals surface area contributed by atoms with E-state index in [9.17, 15) is 0 Å². The summed E-state index contributed by atoms with van der Waals surface area (Å²) in [5, 5.41) is 1.13. The lowest BCUT2D eigenvalue weighted by Crippen LogP contribution is -2.47. The van der Waals surface area contributed by atoms with Gasteiger partial charge in [0.1, 0.15) is 12.1 Å². The quantitative estimate of drug-likeness (QED) is 0.725. The largest absolute Gasteiger partial charge is 0.353 e. The Balaban J connectivity index is 1.51. The highest BCUT2D eigenvalue weighted by molar-refractivity contribution is 7.22. The molecule has 0 N–H and O–H groups in total. The highest BCUT2D eigenvalue weighted by atomic mass is 32.1. The van der Waals surface area contributed by atoms with Crippen LogP contribution in [0.4, 0.5) is 10.9 Å². The van der Waals surface area contributed by atoms with Crippen molar-refractivity contribution in [1.82, 2.24) is 15.0 Å². The van der Waals surface area contributed by atoms with E-state index in [0.717, 1.165) is 48.3 Å². The second kappa shape index (κ2) is 5.77. The maximum atomic E-state index is 4.77. The summed E-state index contributed by atoms with van der Waals surface area (Å²) in [7, 11) is 0. The molecule has 118 valence electrons. The van der Waals surface area contributed by atoms with E-state index in [2.05, 4.69) is 44.9 Å². The lowest BCUT2D eigenvalue weighted by atomic mass is 10.2. The lowest BCUT2D eigenvalue weighted by Gasteiger charge is -2.35. The molecule has 0 saturated carbocycles. The number of para-hydroxylation sites is 1. The van der Waals surface area contributed by atoms with Gasteiger partial charge in [-0.2, -0.15) is 0 Å². The zero-order valence-corrected chi connectivity index (χ0v) is 14.2. The molecule has 1 saturated heterocycles. The van der Waals surface area contributed by atoms with Gasteiger partial charge in [0, 0.05) is 37.4 Å². The molecule has 4 rings (SSSR count). The van der Waals surface area contributed by atoms with Crippen LogP contribution in [0.15, 0.2) is 30.6 Å². The minimum Gasteiger partial charge on any atom is -0.353 e. The Hall–Kier alpha value is -2.21. The number of aryl methyl sites for hydroxylation is 1. The standard InChI is InChI=1S/C17H19N5S/c1-12-13(2)18-11-19-16(12)21-7-9-22(10-8-21)17-20-14-5-3-4-6-15(14)23-17/h3-6,11H,7-10H2,1-2H3. The molecule has 2 aromatic heterocycles. The minimum atomic E-state index is 0.965. The Labute approximate surface area is 139 Å². The van der Waals surface area contributed by atoms with Crippen LogP contribution in [-0.4, -0.2) is 41.1 Å². The zero-order chi connectivity index (χ0) is 15.8. The van der Waals surface area contributed by atoms with Crippen molar-refractivity contribution in [3.8, 4) is 0 Å². The molecule has 23 heavy (non-hydrogen) atoms. The van der Waals surface area contributed by atoms with E-state index < -0.39 is 0 Å². The van der Waals surface area contributed by atoms with Crippen LogP contribution in [0, 0.1) is 13.8 Å². The van der Waals surface area contributed by atoms with Crippen molar-refractivity contribution in [2.45, 2.75) is 13.8 Å². The number of piperazine rings is 1. The van der Waals surface area contributed by atoms with Gasteiger partial charge in [0.25, 0.3) is 0 Å². The number of fused-ring (bicyclic) bond motifs is 1. The lowest BCUT2D eigenvalue weighted by molar-refractivity contribution is 0.643. The van der Waals surface area contributed by atoms with Crippen LogP contribution in [0.1, 0.15) is 11.3 Å². The van der Waals surface area contributed by atoms with Gasteiger partial charge in [0.15, 0.2) is 5.13 Å². The van der Waals surface area contributed by atoms with E-state index in [1.54, 1.807) is 17.7 Å². The average molecular weight is 325 g/mol. The van der Waals surface area contributed by atoms with Crippen molar-refractivity contribution in [1.29, 1.82) is 0 Å². The Morgan fingerprint density at radius 1 is 0.957 bits per heavy atom. The van der Waals surface area contributed by atoms with Gasteiger partial charge in [-0.05, 0) is 26.0 Å². The fraction of sp³-hybridized carbons (Fsp3) is 0.353. The molecular weight excluding hydrogens is 306 g/mol. The van der Waals surface area contributed by atoms with E-state index in [1.807, 2.05) is 13.0 Å². The summed E-state index contributed by atoms with van der Waals surface area (Å²) >= 11 is 1.78. The SMILES string of the molecule is Cc1ncnc(N2CCN(c3nc4ccccc4s3)CC2)c1C. The molecule has 3 heterocycles. The topological polar surface area (TPSA) is 45.2 Å². The number of anilines is 2. The predicted octanol–water partition coefficient (Wildman–Crippen LogP) is 3.03. The predicted molar refractivity (Wildman–Crippen MR) is 95.6 cm³/mol. The van der Waals surface area contributed by atoms with Gasteiger partial charge in [-0.1, -0.05) is 23.5 Å². The van der Waals surface area contributed by atoms with E-state index in [4.69, 9.17) is 4.98 Å². The number of aromatic nitrogens is 3. The van der Waals surface area contributed by atoms with Crippen LogP contribution >= 0.6 is 11.3 Å². The Morgan fingerprint density at radius 3 is 2.48 bits per heavy atom. The fourth-order valence-electron chi connectivity index (χ4n) is 2.95. The Kier molecular flexibility index (Phi) is 3.61. The molecule has 6 heteroatoms. The Morgan fingerprint density at radius 2 is 1.70 bits per heavy atom. The molecule has 0 bridgehead atoms. The second-order valence-corrected chi connectivity index (χ2v) is 6.86. The second-order valence-electron chi connectivity index (χ2n) is 5.85. The Bertz CT molecular complexity index is 803. The molecule has 0 spiro atoms. The van der Waals surface area contributed by atoms with Crippen molar-refractivity contribution in [2.75, 3.05) is 36.0 Å². The number of benzene rings is 1. The maximum Gasteiger partial charge on any atom is 0.186 e. The minimum absolute atomic E-state index is 0.965. The van der Waals surface area contributed by atoms with Gasteiger partial charge in [0.05, 0.1) is 10.2 Å². The van der Waals surface area contributed by atoms with Crippen LogP contribution in [0.3, 0.4) is 0 Å². The molecule has 1 aliphatic rings. The normalized spacial score (nSPS) is 15.4. The molecule has 0 amide bonds. The van der Waals surface area contributed by atoms with Gasteiger partial charge in [0.2, 0.25) is 0 Å². The first-order valence-electron chi connectivity index (χ1n) is 7.86. The number of rotatable bonds is 2. The highest BCUT2D eigenvalue weighted by Crippen LogP contribution is 2.30. The number of hydrogen-bond donors (Lipinski definition) is 0. The van der Waals surface area contributed by atoms with Crippen molar-refractivity contribution in [3.05, 3.63) is 41.9 Å². The first-order valence-corrected chi connectivity index (χ1v) is 8.68. The number of thiazole rings is 1. The molecule has 5 nitrogen and oxygen atoms in total.